The summed E-state index contributed by atoms with van der Waals surface area (Å²) in [7, 11) is 0. The van der Waals surface area contributed by atoms with Gasteiger partial charge in [0.05, 0.1) is 4.92 Å². The van der Waals surface area contributed by atoms with Gasteiger partial charge >= 0.3 is 0 Å². The molecule has 2 aromatic rings. The van der Waals surface area contributed by atoms with Crippen LogP contribution in [0.5, 0.6) is 0 Å². The Kier molecular flexibility index (Phi) is 1.94. The van der Waals surface area contributed by atoms with Gasteiger partial charge in [-0.25, -0.2) is 0 Å². The molecule has 0 amide bonds. The van der Waals surface area contributed by atoms with Crippen LogP contribution in [-0.4, -0.2) is 11.5 Å². The van der Waals surface area contributed by atoms with Crippen LogP contribution in [0.2, 0.25) is 0 Å². The highest BCUT2D eigenvalue weighted by atomic mass is 16.6. The van der Waals surface area contributed by atoms with Crippen LogP contribution >= 0.6 is 0 Å². The van der Waals surface area contributed by atoms with Gasteiger partial charge in [-0.15, -0.1) is 0 Å². The van der Waals surface area contributed by atoms with Crippen molar-refractivity contribution in [3.05, 3.63) is 39.6 Å². The maximum absolute atomic E-state index is 10.7. The largest absolute Gasteiger partial charge is 0.461 e. The fourth-order valence-electron chi connectivity index (χ4n) is 2.11. The quantitative estimate of drug-likeness (QED) is 0.587. The zero-order valence-corrected chi connectivity index (χ0v) is 8.53. The fraction of sp³-hybridized carbons (Fsp3) is 0.273. The van der Waals surface area contributed by atoms with E-state index >= 15 is 0 Å². The molecule has 5 nitrogen and oxygen atoms in total. The van der Waals surface area contributed by atoms with Crippen LogP contribution in [0.1, 0.15) is 11.3 Å². The predicted octanol–water partition coefficient (Wildman–Crippen LogP) is 1.99. The molecule has 1 aliphatic heterocycles. The van der Waals surface area contributed by atoms with E-state index in [1.54, 1.807) is 12.1 Å². The third-order valence-corrected chi connectivity index (χ3v) is 2.90. The summed E-state index contributed by atoms with van der Waals surface area (Å²) in [5, 5.41) is 14.8. The first-order valence-electron chi connectivity index (χ1n) is 5.15. The molecule has 0 atom stereocenters. The van der Waals surface area contributed by atoms with Crippen LogP contribution in [0.25, 0.3) is 11.0 Å². The van der Waals surface area contributed by atoms with E-state index in [1.807, 2.05) is 0 Å². The van der Waals surface area contributed by atoms with E-state index in [2.05, 4.69) is 5.32 Å². The van der Waals surface area contributed by atoms with Crippen molar-refractivity contribution >= 4 is 16.7 Å². The highest BCUT2D eigenvalue weighted by Crippen LogP contribution is 2.30. The molecular formula is C11H10N2O3. The number of nitro benzene ring substituents is 1. The SMILES string of the molecule is O=[N+]([O-])c1ccc2oc3c(c2c1)CNCC3. The molecular weight excluding hydrogens is 208 g/mol. The summed E-state index contributed by atoms with van der Waals surface area (Å²) in [5.41, 5.74) is 1.91. The fourth-order valence-corrected chi connectivity index (χ4v) is 2.11. The Bertz CT molecular complexity index is 574. The number of benzene rings is 1. The average Bonchev–Trinajstić information content (AvgIpc) is 2.66. The maximum atomic E-state index is 10.7. The first-order chi connectivity index (χ1) is 7.75. The van der Waals surface area contributed by atoms with Crippen LogP contribution in [0.3, 0.4) is 0 Å². The lowest BCUT2D eigenvalue weighted by atomic mass is 10.1. The Labute approximate surface area is 91.2 Å². The first-order valence-corrected chi connectivity index (χ1v) is 5.15. The lowest BCUT2D eigenvalue weighted by Crippen LogP contribution is -2.22. The molecule has 0 spiro atoms. The number of hydrogen-bond donors (Lipinski definition) is 1. The third-order valence-electron chi connectivity index (χ3n) is 2.90. The zero-order valence-electron chi connectivity index (χ0n) is 8.53. The Balaban J connectivity index is 2.25. The smallest absolute Gasteiger partial charge is 0.270 e. The van der Waals surface area contributed by atoms with Gasteiger partial charge in [0.2, 0.25) is 0 Å². The standard InChI is InChI=1S/C11H10N2O3/c14-13(15)7-1-2-10-8(5-7)9-6-12-4-3-11(9)16-10/h1-2,5,12H,3-4,6H2. The Hall–Kier alpha value is -1.88. The minimum atomic E-state index is -0.380. The van der Waals surface area contributed by atoms with Crippen LogP contribution in [0.15, 0.2) is 22.6 Å². The highest BCUT2D eigenvalue weighted by molar-refractivity contribution is 5.84. The second-order valence-corrected chi connectivity index (χ2v) is 3.87. The van der Waals surface area contributed by atoms with Crippen molar-refractivity contribution in [1.82, 2.24) is 5.32 Å². The van der Waals surface area contributed by atoms with Gasteiger partial charge in [-0.2, -0.15) is 0 Å². The molecule has 0 fully saturated rings. The average molecular weight is 218 g/mol. The summed E-state index contributed by atoms with van der Waals surface area (Å²) >= 11 is 0. The minimum absolute atomic E-state index is 0.113. The molecule has 1 N–H and O–H groups in total. The second kappa shape index (κ2) is 3.31. The van der Waals surface area contributed by atoms with Crippen LogP contribution in [0, 0.1) is 10.1 Å². The number of furan rings is 1. The Morgan fingerprint density at radius 1 is 1.44 bits per heavy atom. The number of rotatable bonds is 1. The van der Waals surface area contributed by atoms with Gasteiger partial charge in [-0.3, -0.25) is 10.1 Å². The summed E-state index contributed by atoms with van der Waals surface area (Å²) in [5.74, 6) is 0.953. The topological polar surface area (TPSA) is 68.3 Å². The lowest BCUT2D eigenvalue weighted by molar-refractivity contribution is -0.384. The number of fused-ring (bicyclic) bond motifs is 3. The minimum Gasteiger partial charge on any atom is -0.461 e. The molecule has 1 aromatic carbocycles. The lowest BCUT2D eigenvalue weighted by Gasteiger charge is -2.10. The van der Waals surface area contributed by atoms with Crippen LogP contribution < -0.4 is 5.32 Å². The molecule has 0 saturated heterocycles. The molecule has 0 radical (unpaired) electrons. The van der Waals surface area contributed by atoms with Crippen molar-refractivity contribution in [3.8, 4) is 0 Å². The maximum Gasteiger partial charge on any atom is 0.270 e. The van der Waals surface area contributed by atoms with Gasteiger partial charge in [0.25, 0.3) is 5.69 Å². The molecule has 3 rings (SSSR count). The third kappa shape index (κ3) is 1.29. The Morgan fingerprint density at radius 3 is 3.12 bits per heavy atom. The summed E-state index contributed by atoms with van der Waals surface area (Å²) in [6, 6.07) is 4.74. The molecule has 0 aliphatic carbocycles. The van der Waals surface area contributed by atoms with Crippen molar-refractivity contribution in [2.75, 3.05) is 6.54 Å². The van der Waals surface area contributed by atoms with Crippen molar-refractivity contribution in [2.45, 2.75) is 13.0 Å². The molecule has 0 bridgehead atoms. The monoisotopic (exact) mass is 218 g/mol. The van der Waals surface area contributed by atoms with Gasteiger partial charge in [-0.05, 0) is 6.07 Å². The van der Waals surface area contributed by atoms with Crippen LogP contribution in [0.4, 0.5) is 5.69 Å². The van der Waals surface area contributed by atoms with E-state index in [0.29, 0.717) is 0 Å². The number of non-ortho nitro benzene ring substituents is 1. The van der Waals surface area contributed by atoms with Crippen molar-refractivity contribution in [2.24, 2.45) is 0 Å². The molecule has 2 heterocycles. The van der Waals surface area contributed by atoms with E-state index in [1.165, 1.54) is 6.07 Å². The zero-order chi connectivity index (χ0) is 11.1. The first kappa shape index (κ1) is 9.35. The van der Waals surface area contributed by atoms with Gasteiger partial charge in [-0.1, -0.05) is 0 Å². The van der Waals surface area contributed by atoms with Gasteiger partial charge in [0.15, 0.2) is 0 Å². The van der Waals surface area contributed by atoms with E-state index in [4.69, 9.17) is 4.42 Å². The molecule has 1 aromatic heterocycles. The highest BCUT2D eigenvalue weighted by Gasteiger charge is 2.19. The molecule has 5 heteroatoms. The summed E-state index contributed by atoms with van der Waals surface area (Å²) < 4.78 is 5.66. The van der Waals surface area contributed by atoms with Crippen molar-refractivity contribution in [1.29, 1.82) is 0 Å². The van der Waals surface area contributed by atoms with Crippen molar-refractivity contribution < 1.29 is 9.34 Å². The number of nitro groups is 1. The normalized spacial score (nSPS) is 15.0. The van der Waals surface area contributed by atoms with Gasteiger partial charge < -0.3 is 9.73 Å². The van der Waals surface area contributed by atoms with Gasteiger partial charge in [0, 0.05) is 42.6 Å². The van der Waals surface area contributed by atoms with Crippen LogP contribution in [-0.2, 0) is 13.0 Å². The second-order valence-electron chi connectivity index (χ2n) is 3.87. The summed E-state index contributed by atoms with van der Waals surface area (Å²) in [6.07, 6.45) is 0.845. The summed E-state index contributed by atoms with van der Waals surface area (Å²) in [4.78, 5) is 10.3. The van der Waals surface area contributed by atoms with E-state index in [-0.39, 0.29) is 10.6 Å². The van der Waals surface area contributed by atoms with Crippen molar-refractivity contribution in [3.63, 3.8) is 0 Å². The molecule has 82 valence electrons. The van der Waals surface area contributed by atoms with E-state index in [9.17, 15) is 10.1 Å². The van der Waals surface area contributed by atoms with E-state index < -0.39 is 0 Å². The molecule has 16 heavy (non-hydrogen) atoms. The Morgan fingerprint density at radius 2 is 2.31 bits per heavy atom. The van der Waals surface area contributed by atoms with Gasteiger partial charge in [0.1, 0.15) is 11.3 Å². The molecule has 0 saturated carbocycles. The van der Waals surface area contributed by atoms with E-state index in [0.717, 1.165) is 41.8 Å². The number of nitrogens with zero attached hydrogens (tertiary/aromatic N) is 1. The number of nitrogens with one attached hydrogen (secondary N) is 1. The summed E-state index contributed by atoms with van der Waals surface area (Å²) in [6.45, 7) is 1.62. The molecule has 1 aliphatic rings. The predicted molar refractivity (Wildman–Crippen MR) is 58.3 cm³/mol. The molecule has 0 unspecified atom stereocenters. The number of hydrogen-bond acceptors (Lipinski definition) is 4.